The van der Waals surface area contributed by atoms with E-state index in [0.717, 1.165) is 18.9 Å². The van der Waals surface area contributed by atoms with E-state index in [1.807, 2.05) is 18.7 Å². The van der Waals surface area contributed by atoms with Crippen molar-refractivity contribution in [3.8, 4) is 35.2 Å². The Balaban J connectivity index is 1.37. The van der Waals surface area contributed by atoms with Crippen LogP contribution in [0, 0.1) is 29.4 Å². The molecule has 3 atom stereocenters. The van der Waals surface area contributed by atoms with Crippen LogP contribution in [-0.2, 0) is 9.47 Å². The number of carbonyl (C=O) groups excluding carboxylic acids is 1. The highest BCUT2D eigenvalue weighted by Crippen LogP contribution is 2.60. The molecule has 0 unspecified atom stereocenters. The smallest absolute Gasteiger partial charge is 0.410 e. The molecule has 1 amide bonds. The highest BCUT2D eigenvalue weighted by Gasteiger charge is 2.71. The fourth-order valence-electron chi connectivity index (χ4n) is 7.73. The molecule has 3 heterocycles. The van der Waals surface area contributed by atoms with Crippen molar-refractivity contribution in [1.82, 2.24) is 14.9 Å². The van der Waals surface area contributed by atoms with Gasteiger partial charge in [-0.25, -0.2) is 22.4 Å². The first kappa shape index (κ1) is 36.5. The minimum absolute atomic E-state index is 0.0139. The van der Waals surface area contributed by atoms with Gasteiger partial charge in [-0.1, -0.05) is 31.4 Å². The number of rotatable bonds is 12. The molecule has 2 aliphatic heterocycles. The lowest BCUT2D eigenvalue weighted by Gasteiger charge is -2.47. The zero-order valence-electron chi connectivity index (χ0n) is 29.7. The maximum Gasteiger partial charge on any atom is 0.410 e. The van der Waals surface area contributed by atoms with E-state index in [-0.39, 0.29) is 54.0 Å². The highest BCUT2D eigenvalue weighted by atomic mass is 19.3. The molecule has 1 aromatic heterocycles. The number of hydrogen-bond acceptors (Lipinski definition) is 9. The molecule has 1 N–H and O–H groups in total. The number of anilines is 1. The molecule has 53 heavy (non-hydrogen) atoms. The van der Waals surface area contributed by atoms with Crippen LogP contribution in [0.5, 0.6) is 11.8 Å². The Morgan fingerprint density at radius 1 is 1.17 bits per heavy atom. The van der Waals surface area contributed by atoms with Crippen molar-refractivity contribution >= 4 is 33.6 Å². The SMILES string of the molecule is C#Cc1cccc2cc(OCOC)cc(-c3c(F)cc4c(N5C[C@H]6CC[C@@](C)(C5)N6C(=O)OCCCC)nc(OC[C@]5(CO)CC5(F)F)nc4c3F)c12. The van der Waals surface area contributed by atoms with E-state index in [1.54, 1.807) is 29.2 Å². The van der Waals surface area contributed by atoms with E-state index in [1.165, 1.54) is 13.2 Å². The molecular formula is C39H40F4N4O6. The van der Waals surface area contributed by atoms with Crippen LogP contribution in [0.4, 0.5) is 28.2 Å². The number of halogens is 4. The summed E-state index contributed by atoms with van der Waals surface area (Å²) in [7, 11) is 1.44. The van der Waals surface area contributed by atoms with Gasteiger partial charge in [-0.2, -0.15) is 9.97 Å². The van der Waals surface area contributed by atoms with Gasteiger partial charge in [-0.05, 0) is 55.8 Å². The molecule has 3 aromatic carbocycles. The van der Waals surface area contributed by atoms with Crippen molar-refractivity contribution in [1.29, 1.82) is 0 Å². The number of ether oxygens (including phenoxy) is 4. The minimum atomic E-state index is -3.16. The number of amides is 1. The summed E-state index contributed by atoms with van der Waals surface area (Å²) >= 11 is 0. The van der Waals surface area contributed by atoms with Crippen LogP contribution in [0.1, 0.15) is 51.5 Å². The van der Waals surface area contributed by atoms with Gasteiger partial charge in [0.1, 0.15) is 29.5 Å². The molecule has 10 nitrogen and oxygen atoms in total. The van der Waals surface area contributed by atoms with Crippen molar-refractivity contribution in [3.63, 3.8) is 0 Å². The molecular weight excluding hydrogens is 696 g/mol. The van der Waals surface area contributed by atoms with Gasteiger partial charge in [-0.3, -0.25) is 4.90 Å². The third-order valence-corrected chi connectivity index (χ3v) is 10.7. The standard InChI is InChI=1S/C39H40F4N4O6/c1-5-7-13-51-36(49)47-25-11-12-37(47,3)19-46(17-25)34-28-16-29(40)31(27-15-26(53-22-50-4)14-24-10-8-9-23(6-2)30(24)27)32(41)33(28)44-35(45-34)52-21-38(20-48)18-39(38,42)43/h2,8-10,14-16,25,48H,5,7,11-13,17-22H2,1,3-4H3/t25-,37+,38-/m1/s1. The molecule has 2 bridgehead atoms. The quantitative estimate of drug-likeness (QED) is 0.0708. The number of alkyl halides is 2. The third kappa shape index (κ3) is 6.33. The molecule has 0 radical (unpaired) electrons. The second-order valence-electron chi connectivity index (χ2n) is 14.4. The second kappa shape index (κ2) is 13.8. The third-order valence-electron chi connectivity index (χ3n) is 10.7. The number of methoxy groups -OCH3 is 1. The molecule has 1 saturated carbocycles. The first-order chi connectivity index (χ1) is 25.4. The number of terminal acetylenes is 1. The number of aliphatic hydroxyl groups excluding tert-OH is 1. The Bertz CT molecular complexity index is 2130. The number of aromatic nitrogens is 2. The molecule has 3 aliphatic rings. The topological polar surface area (TPSA) is 106 Å². The number of aliphatic hydroxyl groups is 1. The summed E-state index contributed by atoms with van der Waals surface area (Å²) in [6, 6.07) is 8.68. The predicted octanol–water partition coefficient (Wildman–Crippen LogP) is 7.07. The minimum Gasteiger partial charge on any atom is -0.468 e. The van der Waals surface area contributed by atoms with Crippen LogP contribution in [0.25, 0.3) is 32.8 Å². The summed E-state index contributed by atoms with van der Waals surface area (Å²) in [4.78, 5) is 25.7. The Morgan fingerprint density at radius 3 is 2.64 bits per heavy atom. The van der Waals surface area contributed by atoms with Crippen molar-refractivity contribution in [2.45, 2.75) is 63.5 Å². The molecule has 3 fully saturated rings. The fourth-order valence-corrected chi connectivity index (χ4v) is 7.73. The Kier molecular flexibility index (Phi) is 9.53. The highest BCUT2D eigenvalue weighted by molar-refractivity contribution is 6.04. The van der Waals surface area contributed by atoms with E-state index in [0.29, 0.717) is 35.8 Å². The monoisotopic (exact) mass is 736 g/mol. The lowest BCUT2D eigenvalue weighted by Crippen LogP contribution is -2.62. The van der Waals surface area contributed by atoms with E-state index in [2.05, 4.69) is 15.9 Å². The van der Waals surface area contributed by atoms with Gasteiger partial charge in [0.05, 0.1) is 35.8 Å². The van der Waals surface area contributed by atoms with E-state index < -0.39 is 65.8 Å². The first-order valence-corrected chi connectivity index (χ1v) is 17.6. The van der Waals surface area contributed by atoms with E-state index in [4.69, 9.17) is 25.4 Å². The molecule has 0 spiro atoms. The summed E-state index contributed by atoms with van der Waals surface area (Å²) in [5.41, 5.74) is -2.82. The fraction of sp³-hybridized carbons (Fsp3) is 0.462. The van der Waals surface area contributed by atoms with Gasteiger partial charge in [-0.15, -0.1) is 6.42 Å². The second-order valence-corrected chi connectivity index (χ2v) is 14.4. The van der Waals surface area contributed by atoms with Gasteiger partial charge in [0.25, 0.3) is 5.92 Å². The number of piperazine rings is 1. The molecule has 7 rings (SSSR count). The number of unbranched alkanes of at least 4 members (excludes halogenated alkanes) is 1. The first-order valence-electron chi connectivity index (χ1n) is 17.6. The largest absolute Gasteiger partial charge is 0.468 e. The normalized spacial score (nSPS) is 23.0. The predicted molar refractivity (Wildman–Crippen MR) is 189 cm³/mol. The van der Waals surface area contributed by atoms with Crippen LogP contribution in [0.2, 0.25) is 0 Å². The van der Waals surface area contributed by atoms with Crippen LogP contribution in [0.15, 0.2) is 36.4 Å². The molecule has 14 heteroatoms. The van der Waals surface area contributed by atoms with Gasteiger partial charge in [0.2, 0.25) is 0 Å². The van der Waals surface area contributed by atoms with Crippen molar-refractivity contribution in [3.05, 3.63) is 53.6 Å². The van der Waals surface area contributed by atoms with Gasteiger partial charge >= 0.3 is 12.1 Å². The Labute approximate surface area is 304 Å². The Hall–Kier alpha value is -4.87. The summed E-state index contributed by atoms with van der Waals surface area (Å²) in [5, 5.41) is 10.8. The number of benzene rings is 3. The summed E-state index contributed by atoms with van der Waals surface area (Å²) in [5.74, 6) is -2.19. The van der Waals surface area contributed by atoms with E-state index >= 15 is 8.78 Å². The zero-order valence-corrected chi connectivity index (χ0v) is 29.7. The van der Waals surface area contributed by atoms with Gasteiger partial charge < -0.3 is 29.0 Å². The summed E-state index contributed by atoms with van der Waals surface area (Å²) < 4.78 is 84.4. The molecule has 4 aromatic rings. The van der Waals surface area contributed by atoms with Crippen molar-refractivity contribution in [2.24, 2.45) is 5.41 Å². The van der Waals surface area contributed by atoms with Crippen molar-refractivity contribution < 1.29 is 46.4 Å². The Morgan fingerprint density at radius 2 is 1.96 bits per heavy atom. The summed E-state index contributed by atoms with van der Waals surface area (Å²) in [6.07, 6.45) is 7.73. The van der Waals surface area contributed by atoms with Crippen LogP contribution in [0.3, 0.4) is 0 Å². The average Bonchev–Trinajstić information content (AvgIpc) is 3.63. The number of hydrogen-bond donors (Lipinski definition) is 1. The maximum absolute atomic E-state index is 17.2. The van der Waals surface area contributed by atoms with Gasteiger partial charge in [0, 0.05) is 48.5 Å². The van der Waals surface area contributed by atoms with E-state index in [9.17, 15) is 18.7 Å². The molecule has 2 saturated heterocycles. The average molecular weight is 737 g/mol. The lowest BCUT2D eigenvalue weighted by atomic mass is 9.92. The number of nitrogens with zero attached hydrogens (tertiary/aromatic N) is 4. The zero-order chi connectivity index (χ0) is 37.7. The lowest BCUT2D eigenvalue weighted by molar-refractivity contribution is 0.0125. The van der Waals surface area contributed by atoms with Crippen LogP contribution < -0.4 is 14.4 Å². The van der Waals surface area contributed by atoms with Gasteiger partial charge in [0.15, 0.2) is 12.6 Å². The van der Waals surface area contributed by atoms with Crippen LogP contribution >= 0.6 is 0 Å². The number of fused-ring (bicyclic) bond motifs is 4. The molecule has 1 aliphatic carbocycles. The van der Waals surface area contributed by atoms with Crippen LogP contribution in [-0.4, -0.2) is 90.4 Å². The number of carbonyl (C=O) groups is 1. The molecule has 280 valence electrons. The maximum atomic E-state index is 17.2. The summed E-state index contributed by atoms with van der Waals surface area (Å²) in [6.45, 7) is 3.10. The van der Waals surface area contributed by atoms with Crippen molar-refractivity contribution in [2.75, 3.05) is 51.7 Å².